The van der Waals surface area contributed by atoms with Gasteiger partial charge in [0, 0.05) is 13.1 Å². The molecule has 0 radical (unpaired) electrons. The lowest BCUT2D eigenvalue weighted by atomic mass is 10.1. The Bertz CT molecular complexity index is 686. The smallest absolute Gasteiger partial charge is 0.242 e. The van der Waals surface area contributed by atoms with Crippen molar-refractivity contribution in [1.82, 2.24) is 10.2 Å². The highest BCUT2D eigenvalue weighted by molar-refractivity contribution is 5.88. The zero-order chi connectivity index (χ0) is 18.8. The van der Waals surface area contributed by atoms with Crippen LogP contribution in [0.5, 0.6) is 0 Å². The summed E-state index contributed by atoms with van der Waals surface area (Å²) >= 11 is 0. The Morgan fingerprint density at radius 3 is 2.12 bits per heavy atom. The van der Waals surface area contributed by atoms with E-state index in [1.807, 2.05) is 60.7 Å². The van der Waals surface area contributed by atoms with Crippen LogP contribution in [-0.2, 0) is 22.6 Å². The van der Waals surface area contributed by atoms with E-state index in [-0.39, 0.29) is 11.8 Å². The number of amides is 2. The Balaban J connectivity index is 2.12. The quantitative estimate of drug-likeness (QED) is 0.702. The summed E-state index contributed by atoms with van der Waals surface area (Å²) in [5.41, 5.74) is 1.97. The van der Waals surface area contributed by atoms with Crippen molar-refractivity contribution < 1.29 is 9.59 Å². The van der Waals surface area contributed by atoms with Crippen molar-refractivity contribution in [1.29, 1.82) is 0 Å². The molecular formula is C22H28N2O2. The summed E-state index contributed by atoms with van der Waals surface area (Å²) < 4.78 is 0. The van der Waals surface area contributed by atoms with Crippen LogP contribution in [0.1, 0.15) is 37.8 Å². The number of unbranched alkanes of at least 4 members (excludes halogenated alkanes) is 1. The molecule has 1 unspecified atom stereocenters. The third kappa shape index (κ3) is 6.03. The van der Waals surface area contributed by atoms with Gasteiger partial charge in [-0.1, -0.05) is 74.0 Å². The Hall–Kier alpha value is -2.62. The molecule has 0 bridgehead atoms. The van der Waals surface area contributed by atoms with Gasteiger partial charge in [-0.2, -0.15) is 0 Å². The van der Waals surface area contributed by atoms with Gasteiger partial charge in [0.1, 0.15) is 6.04 Å². The Morgan fingerprint density at radius 2 is 1.54 bits per heavy atom. The van der Waals surface area contributed by atoms with E-state index in [9.17, 15) is 9.59 Å². The highest BCUT2D eigenvalue weighted by Crippen LogP contribution is 2.12. The largest absolute Gasteiger partial charge is 0.354 e. The molecule has 2 aromatic rings. The first-order chi connectivity index (χ1) is 12.6. The fourth-order valence-corrected chi connectivity index (χ4v) is 2.77. The SMILES string of the molecule is CCCCNC(=O)C(C)N(Cc1ccccc1)C(=O)Cc1ccccc1. The van der Waals surface area contributed by atoms with Gasteiger partial charge in [-0.3, -0.25) is 9.59 Å². The molecule has 2 rings (SSSR count). The average Bonchev–Trinajstić information content (AvgIpc) is 2.67. The predicted octanol–water partition coefficient (Wildman–Crippen LogP) is 3.56. The topological polar surface area (TPSA) is 49.4 Å². The van der Waals surface area contributed by atoms with Gasteiger partial charge in [-0.05, 0) is 24.5 Å². The molecule has 1 N–H and O–H groups in total. The average molecular weight is 352 g/mol. The summed E-state index contributed by atoms with van der Waals surface area (Å²) in [6.07, 6.45) is 2.25. The molecule has 0 aliphatic rings. The van der Waals surface area contributed by atoms with Crippen molar-refractivity contribution in [2.24, 2.45) is 0 Å². The van der Waals surface area contributed by atoms with Crippen LogP contribution in [0.15, 0.2) is 60.7 Å². The van der Waals surface area contributed by atoms with Crippen LogP contribution < -0.4 is 5.32 Å². The number of nitrogens with zero attached hydrogens (tertiary/aromatic N) is 1. The van der Waals surface area contributed by atoms with Crippen LogP contribution in [0.2, 0.25) is 0 Å². The van der Waals surface area contributed by atoms with Crippen LogP contribution in [0.3, 0.4) is 0 Å². The van der Waals surface area contributed by atoms with Gasteiger partial charge < -0.3 is 10.2 Å². The van der Waals surface area contributed by atoms with Gasteiger partial charge in [0.05, 0.1) is 6.42 Å². The molecule has 1 atom stereocenters. The van der Waals surface area contributed by atoms with Crippen molar-refractivity contribution in [3.8, 4) is 0 Å². The fraction of sp³-hybridized carbons (Fsp3) is 0.364. The molecular weight excluding hydrogens is 324 g/mol. The molecule has 26 heavy (non-hydrogen) atoms. The zero-order valence-electron chi connectivity index (χ0n) is 15.7. The van der Waals surface area contributed by atoms with Gasteiger partial charge in [0.2, 0.25) is 11.8 Å². The molecule has 2 aromatic carbocycles. The highest BCUT2D eigenvalue weighted by Gasteiger charge is 2.25. The molecule has 138 valence electrons. The second kappa shape index (κ2) is 10.4. The summed E-state index contributed by atoms with van der Waals surface area (Å²) in [7, 11) is 0. The first-order valence-electron chi connectivity index (χ1n) is 9.26. The van der Waals surface area contributed by atoms with Crippen LogP contribution in [0.4, 0.5) is 0 Å². The van der Waals surface area contributed by atoms with Crippen molar-refractivity contribution >= 4 is 11.8 Å². The lowest BCUT2D eigenvalue weighted by Gasteiger charge is -2.29. The van der Waals surface area contributed by atoms with Crippen molar-refractivity contribution in [3.63, 3.8) is 0 Å². The third-order valence-electron chi connectivity index (χ3n) is 4.39. The minimum atomic E-state index is -0.511. The molecule has 4 heteroatoms. The van der Waals surface area contributed by atoms with E-state index in [0.29, 0.717) is 19.5 Å². The Morgan fingerprint density at radius 1 is 0.962 bits per heavy atom. The second-order valence-corrected chi connectivity index (χ2v) is 6.49. The summed E-state index contributed by atoms with van der Waals surface area (Å²) in [6.45, 7) is 4.95. The van der Waals surface area contributed by atoms with E-state index in [0.717, 1.165) is 24.0 Å². The van der Waals surface area contributed by atoms with E-state index in [4.69, 9.17) is 0 Å². The number of carbonyl (C=O) groups excluding carboxylic acids is 2. The van der Waals surface area contributed by atoms with E-state index in [2.05, 4.69) is 12.2 Å². The van der Waals surface area contributed by atoms with E-state index in [1.165, 1.54) is 0 Å². The van der Waals surface area contributed by atoms with Gasteiger partial charge >= 0.3 is 0 Å². The maximum Gasteiger partial charge on any atom is 0.242 e. The lowest BCUT2D eigenvalue weighted by Crippen LogP contribution is -2.48. The molecule has 0 spiro atoms. The first kappa shape index (κ1) is 19.7. The molecule has 0 aromatic heterocycles. The summed E-state index contributed by atoms with van der Waals surface area (Å²) in [5.74, 6) is -0.144. The van der Waals surface area contributed by atoms with Gasteiger partial charge in [0.25, 0.3) is 0 Å². The highest BCUT2D eigenvalue weighted by atomic mass is 16.2. The number of nitrogens with one attached hydrogen (secondary N) is 1. The van der Waals surface area contributed by atoms with Crippen LogP contribution in [0, 0.1) is 0 Å². The molecule has 0 heterocycles. The van der Waals surface area contributed by atoms with Crippen molar-refractivity contribution in [3.05, 3.63) is 71.8 Å². The minimum Gasteiger partial charge on any atom is -0.354 e. The number of benzene rings is 2. The fourth-order valence-electron chi connectivity index (χ4n) is 2.77. The van der Waals surface area contributed by atoms with Gasteiger partial charge in [0.15, 0.2) is 0 Å². The van der Waals surface area contributed by atoms with Crippen molar-refractivity contribution in [2.45, 2.75) is 45.7 Å². The van der Waals surface area contributed by atoms with Crippen molar-refractivity contribution in [2.75, 3.05) is 6.54 Å². The maximum atomic E-state index is 12.9. The monoisotopic (exact) mass is 352 g/mol. The summed E-state index contributed by atoms with van der Waals surface area (Å²) in [4.78, 5) is 27.1. The number of rotatable bonds is 9. The van der Waals surface area contributed by atoms with E-state index >= 15 is 0 Å². The molecule has 2 amide bonds. The number of hydrogen-bond acceptors (Lipinski definition) is 2. The summed E-state index contributed by atoms with van der Waals surface area (Å²) in [6, 6.07) is 18.9. The minimum absolute atomic E-state index is 0.0433. The predicted molar refractivity (Wildman–Crippen MR) is 105 cm³/mol. The Kier molecular flexibility index (Phi) is 7.87. The molecule has 0 aliphatic heterocycles. The molecule has 0 aliphatic carbocycles. The summed E-state index contributed by atoms with van der Waals surface area (Å²) in [5, 5.41) is 2.94. The standard InChI is InChI=1S/C22H28N2O2/c1-3-4-15-23-22(26)18(2)24(17-20-13-9-6-10-14-20)21(25)16-19-11-7-5-8-12-19/h5-14,18H,3-4,15-17H2,1-2H3,(H,23,26). The lowest BCUT2D eigenvalue weighted by molar-refractivity contribution is -0.140. The Labute approximate surface area is 156 Å². The van der Waals surface area contributed by atoms with Crippen LogP contribution >= 0.6 is 0 Å². The first-order valence-corrected chi connectivity index (χ1v) is 9.26. The zero-order valence-corrected chi connectivity index (χ0v) is 15.7. The van der Waals surface area contributed by atoms with E-state index in [1.54, 1.807) is 11.8 Å². The number of carbonyl (C=O) groups is 2. The van der Waals surface area contributed by atoms with Gasteiger partial charge in [-0.15, -0.1) is 0 Å². The molecule has 4 nitrogen and oxygen atoms in total. The third-order valence-corrected chi connectivity index (χ3v) is 4.39. The van der Waals surface area contributed by atoms with Gasteiger partial charge in [-0.25, -0.2) is 0 Å². The van der Waals surface area contributed by atoms with E-state index < -0.39 is 6.04 Å². The molecule has 0 saturated heterocycles. The second-order valence-electron chi connectivity index (χ2n) is 6.49. The molecule has 0 saturated carbocycles. The van der Waals surface area contributed by atoms with Crippen LogP contribution in [-0.4, -0.2) is 29.3 Å². The normalized spacial score (nSPS) is 11.6. The van der Waals surface area contributed by atoms with Crippen LogP contribution in [0.25, 0.3) is 0 Å². The maximum absolute atomic E-state index is 12.9. The molecule has 0 fully saturated rings. The number of hydrogen-bond donors (Lipinski definition) is 1.